The third-order valence-corrected chi connectivity index (χ3v) is 5.74. The van der Waals surface area contributed by atoms with Gasteiger partial charge in [-0.1, -0.05) is 71.2 Å². The van der Waals surface area contributed by atoms with Crippen LogP contribution in [0.15, 0.2) is 28.7 Å². The number of alkyl halides is 1. The molecule has 0 saturated heterocycles. The van der Waals surface area contributed by atoms with E-state index in [-0.39, 0.29) is 6.10 Å². The van der Waals surface area contributed by atoms with Crippen LogP contribution in [-0.2, 0) is 4.74 Å². The summed E-state index contributed by atoms with van der Waals surface area (Å²) in [7, 11) is 0. The van der Waals surface area contributed by atoms with Crippen molar-refractivity contribution in [3.63, 3.8) is 0 Å². The predicted octanol–water partition coefficient (Wildman–Crippen LogP) is 6.36. The Hall–Kier alpha value is 0.140. The second-order valence-corrected chi connectivity index (χ2v) is 8.26. The molecule has 0 aromatic heterocycles. The maximum absolute atomic E-state index is 6.56. The van der Waals surface area contributed by atoms with Gasteiger partial charge in [0, 0.05) is 9.80 Å². The van der Waals surface area contributed by atoms with E-state index in [4.69, 9.17) is 4.74 Å². The molecule has 21 heavy (non-hydrogen) atoms. The molecule has 1 aromatic carbocycles. The number of benzene rings is 1. The molecule has 0 bridgehead atoms. The average Bonchev–Trinajstić information content (AvgIpc) is 2.44. The smallest absolute Gasteiger partial charge is 0.0925 e. The first-order chi connectivity index (χ1) is 10.0. The first kappa shape index (κ1) is 17.5. The summed E-state index contributed by atoms with van der Waals surface area (Å²) in [6.07, 6.45) is 4.37. The lowest BCUT2D eigenvalue weighted by Gasteiger charge is -2.39. The molecule has 1 saturated carbocycles. The van der Waals surface area contributed by atoms with Crippen molar-refractivity contribution in [1.82, 2.24) is 0 Å². The molecule has 0 aliphatic heterocycles. The van der Waals surface area contributed by atoms with Gasteiger partial charge in [-0.25, -0.2) is 0 Å². The molecule has 0 amide bonds. The summed E-state index contributed by atoms with van der Waals surface area (Å²) in [5, 5.41) is 0.846. The summed E-state index contributed by atoms with van der Waals surface area (Å²) >= 11 is 7.19. The molecule has 1 aliphatic carbocycles. The van der Waals surface area contributed by atoms with Crippen LogP contribution >= 0.6 is 31.9 Å². The minimum absolute atomic E-state index is 0.138. The fraction of sp³-hybridized carbons (Fsp3) is 0.667. The highest BCUT2D eigenvalue weighted by Gasteiger charge is 2.33. The van der Waals surface area contributed by atoms with Crippen LogP contribution in [0.25, 0.3) is 0 Å². The predicted molar refractivity (Wildman–Crippen MR) is 96.9 cm³/mol. The molecule has 1 fully saturated rings. The quantitative estimate of drug-likeness (QED) is 0.506. The minimum atomic E-state index is 0.138. The topological polar surface area (TPSA) is 9.23 Å². The van der Waals surface area contributed by atoms with Gasteiger partial charge < -0.3 is 4.74 Å². The van der Waals surface area contributed by atoms with E-state index in [9.17, 15) is 0 Å². The average molecular weight is 418 g/mol. The monoisotopic (exact) mass is 416 g/mol. The first-order valence-corrected chi connectivity index (χ1v) is 9.89. The SMILES string of the molecule is CC1CCC(C(C)C)C(OC(CBr)c2cccc(Br)c2)C1. The molecule has 1 aliphatic rings. The van der Waals surface area contributed by atoms with Crippen molar-refractivity contribution in [1.29, 1.82) is 0 Å². The second-order valence-electron chi connectivity index (χ2n) is 6.70. The van der Waals surface area contributed by atoms with E-state index in [1.54, 1.807) is 0 Å². The summed E-state index contributed by atoms with van der Waals surface area (Å²) in [6, 6.07) is 8.48. The largest absolute Gasteiger partial charge is 0.369 e. The van der Waals surface area contributed by atoms with Crippen LogP contribution in [0.4, 0.5) is 0 Å². The molecule has 4 unspecified atom stereocenters. The van der Waals surface area contributed by atoms with Crippen molar-refractivity contribution in [2.75, 3.05) is 5.33 Å². The normalized spacial score (nSPS) is 27.8. The fourth-order valence-electron chi connectivity index (χ4n) is 3.39. The highest BCUT2D eigenvalue weighted by Crippen LogP contribution is 2.38. The molecule has 1 nitrogen and oxygen atoms in total. The van der Waals surface area contributed by atoms with E-state index in [2.05, 4.69) is 76.9 Å². The number of hydrogen-bond acceptors (Lipinski definition) is 1. The standard InChI is InChI=1S/C18H26Br2O/c1-12(2)16-8-7-13(3)9-17(16)21-18(11-19)14-5-4-6-15(20)10-14/h4-6,10,12-13,16-18H,7-9,11H2,1-3H3. The Labute approximate surface area is 146 Å². The van der Waals surface area contributed by atoms with Crippen LogP contribution in [0.3, 0.4) is 0 Å². The van der Waals surface area contributed by atoms with E-state index in [0.717, 1.165) is 15.7 Å². The summed E-state index contributed by atoms with van der Waals surface area (Å²) in [5.74, 6) is 2.17. The molecule has 3 heteroatoms. The van der Waals surface area contributed by atoms with E-state index >= 15 is 0 Å². The molecule has 0 radical (unpaired) electrons. The van der Waals surface area contributed by atoms with Crippen LogP contribution in [0.5, 0.6) is 0 Å². The zero-order valence-corrected chi connectivity index (χ0v) is 16.4. The zero-order chi connectivity index (χ0) is 15.4. The Morgan fingerprint density at radius 1 is 1.29 bits per heavy atom. The van der Waals surface area contributed by atoms with E-state index in [1.165, 1.54) is 24.8 Å². The van der Waals surface area contributed by atoms with Gasteiger partial charge in [0.15, 0.2) is 0 Å². The maximum atomic E-state index is 6.56. The Balaban J connectivity index is 2.11. The molecule has 0 N–H and O–H groups in total. The number of halogens is 2. The molecule has 0 spiro atoms. The van der Waals surface area contributed by atoms with E-state index in [1.807, 2.05) is 0 Å². The zero-order valence-electron chi connectivity index (χ0n) is 13.2. The van der Waals surface area contributed by atoms with Crippen LogP contribution in [0, 0.1) is 17.8 Å². The van der Waals surface area contributed by atoms with Crippen molar-refractivity contribution >= 4 is 31.9 Å². The van der Waals surface area contributed by atoms with Gasteiger partial charge in [0.25, 0.3) is 0 Å². The Morgan fingerprint density at radius 3 is 2.67 bits per heavy atom. The van der Waals surface area contributed by atoms with Crippen LogP contribution in [0.1, 0.15) is 51.7 Å². The summed E-state index contributed by atoms with van der Waals surface area (Å²) in [4.78, 5) is 0. The van der Waals surface area contributed by atoms with Crippen molar-refractivity contribution in [2.45, 2.75) is 52.2 Å². The lowest BCUT2D eigenvalue weighted by Crippen LogP contribution is -2.35. The second kappa shape index (κ2) is 8.12. The van der Waals surface area contributed by atoms with Gasteiger partial charge in [-0.3, -0.25) is 0 Å². The van der Waals surface area contributed by atoms with Gasteiger partial charge in [-0.05, 0) is 48.3 Å². The third-order valence-electron chi connectivity index (χ3n) is 4.66. The maximum Gasteiger partial charge on any atom is 0.0925 e. The Bertz CT molecular complexity index is 447. The minimum Gasteiger partial charge on any atom is -0.369 e. The van der Waals surface area contributed by atoms with Crippen LogP contribution in [0.2, 0.25) is 0 Å². The van der Waals surface area contributed by atoms with E-state index < -0.39 is 0 Å². The Kier molecular flexibility index (Phi) is 6.77. The molecule has 2 rings (SSSR count). The number of hydrogen-bond donors (Lipinski definition) is 0. The Morgan fingerprint density at radius 2 is 2.05 bits per heavy atom. The lowest BCUT2D eigenvalue weighted by molar-refractivity contribution is -0.0732. The van der Waals surface area contributed by atoms with Gasteiger partial charge in [-0.15, -0.1) is 0 Å². The van der Waals surface area contributed by atoms with Crippen molar-refractivity contribution < 1.29 is 4.74 Å². The van der Waals surface area contributed by atoms with Crippen LogP contribution in [-0.4, -0.2) is 11.4 Å². The number of rotatable bonds is 5. The van der Waals surface area contributed by atoms with E-state index in [0.29, 0.717) is 17.9 Å². The summed E-state index contributed by atoms with van der Waals surface area (Å²) < 4.78 is 7.68. The van der Waals surface area contributed by atoms with Gasteiger partial charge in [0.05, 0.1) is 12.2 Å². The molecular formula is C18H26Br2O. The van der Waals surface area contributed by atoms with Gasteiger partial charge in [0.2, 0.25) is 0 Å². The molecule has 1 aromatic rings. The van der Waals surface area contributed by atoms with Gasteiger partial charge in [0.1, 0.15) is 0 Å². The third kappa shape index (κ3) is 4.80. The van der Waals surface area contributed by atoms with Gasteiger partial charge >= 0.3 is 0 Å². The summed E-state index contributed by atoms with van der Waals surface area (Å²) in [5.41, 5.74) is 1.25. The lowest BCUT2D eigenvalue weighted by atomic mass is 9.75. The van der Waals surface area contributed by atoms with Crippen molar-refractivity contribution in [3.8, 4) is 0 Å². The molecule has 118 valence electrons. The molecule has 4 atom stereocenters. The molecular weight excluding hydrogens is 392 g/mol. The van der Waals surface area contributed by atoms with Gasteiger partial charge in [-0.2, -0.15) is 0 Å². The highest BCUT2D eigenvalue weighted by atomic mass is 79.9. The first-order valence-electron chi connectivity index (χ1n) is 7.98. The number of ether oxygens (including phenoxy) is 1. The summed E-state index contributed by atoms with van der Waals surface area (Å²) in [6.45, 7) is 7.02. The molecule has 0 heterocycles. The van der Waals surface area contributed by atoms with Crippen molar-refractivity contribution in [3.05, 3.63) is 34.3 Å². The highest BCUT2D eigenvalue weighted by molar-refractivity contribution is 9.10. The van der Waals surface area contributed by atoms with Crippen LogP contribution < -0.4 is 0 Å². The fourth-order valence-corrected chi connectivity index (χ4v) is 4.34. The van der Waals surface area contributed by atoms with Crippen molar-refractivity contribution in [2.24, 2.45) is 17.8 Å².